The molecule has 0 saturated heterocycles. The predicted octanol–water partition coefficient (Wildman–Crippen LogP) is 7.82. The van der Waals surface area contributed by atoms with Gasteiger partial charge in [-0.3, -0.25) is 5.01 Å². The molecule has 2 aliphatic rings. The van der Waals surface area contributed by atoms with Crippen LogP contribution < -0.4 is 19.7 Å². The molecular weight excluding hydrogens is 543 g/mol. The second-order valence-corrected chi connectivity index (χ2v) is 11.0. The Morgan fingerprint density at radius 2 is 2.09 bits per heavy atom. The number of unbranched alkanes of at least 4 members (excludes halogenated alkanes) is 3. The number of amidine groups is 1. The second-order valence-electron chi connectivity index (χ2n) is 11.0. The van der Waals surface area contributed by atoms with E-state index >= 15 is 4.39 Å². The number of aromatic nitrogens is 1. The van der Waals surface area contributed by atoms with Gasteiger partial charge in [-0.05, 0) is 62.6 Å². The average molecular weight is 589 g/mol. The van der Waals surface area contributed by atoms with Crippen molar-refractivity contribution in [1.29, 1.82) is 0 Å². The van der Waals surface area contributed by atoms with Crippen molar-refractivity contribution >= 4 is 23.6 Å². The van der Waals surface area contributed by atoms with E-state index in [2.05, 4.69) is 36.1 Å². The minimum atomic E-state index is -0.481. The molecule has 1 aromatic heterocycles. The number of aliphatic imine (C=N–C) groups is 1. The largest absolute Gasteiger partial charge is 0.489 e. The van der Waals surface area contributed by atoms with Crippen molar-refractivity contribution in [2.24, 2.45) is 16.0 Å². The van der Waals surface area contributed by atoms with Crippen LogP contribution in [-0.2, 0) is 0 Å². The normalized spacial score (nSPS) is 17.2. The van der Waals surface area contributed by atoms with Crippen LogP contribution in [0.15, 0.2) is 70.7 Å². The fourth-order valence-electron chi connectivity index (χ4n) is 4.88. The van der Waals surface area contributed by atoms with Gasteiger partial charge in [-0.2, -0.15) is 5.10 Å². The van der Waals surface area contributed by atoms with Gasteiger partial charge in [0.1, 0.15) is 11.5 Å². The Bertz CT molecular complexity index is 1380. The minimum Gasteiger partial charge on any atom is -0.489 e. The van der Waals surface area contributed by atoms with Gasteiger partial charge in [-0.15, -0.1) is 0 Å². The number of nitrogens with one attached hydrogen (secondary N) is 1. The standard InChI is InChI=1S/C34H45FN6O2/c1-6-9-11-17-36-33(32-26(5)21-31-34(39-32)40(18-12-10-7-2)23-25(4)24-42-31)38-27-13-14-30(29(35)22-27)43-28-15-19-41(20-16-28)37-8-3/h8,11,13-17,19,21-22,25H,6-7,9-10,12,18,20,23-24H2,1-5H3,(H,36,38)/b17-11+,37-8-. The van der Waals surface area contributed by atoms with Gasteiger partial charge >= 0.3 is 0 Å². The van der Waals surface area contributed by atoms with Crippen LogP contribution in [0.1, 0.15) is 71.1 Å². The number of pyridine rings is 1. The molecule has 2 aliphatic heterocycles. The molecule has 3 heterocycles. The Morgan fingerprint density at radius 3 is 2.81 bits per heavy atom. The van der Waals surface area contributed by atoms with Gasteiger partial charge < -0.3 is 19.7 Å². The van der Waals surface area contributed by atoms with Gasteiger partial charge in [-0.1, -0.05) is 46.1 Å². The van der Waals surface area contributed by atoms with Gasteiger partial charge in [0.2, 0.25) is 0 Å². The van der Waals surface area contributed by atoms with E-state index < -0.39 is 5.82 Å². The minimum absolute atomic E-state index is 0.142. The quantitative estimate of drug-likeness (QED) is 0.155. The number of halogens is 1. The lowest BCUT2D eigenvalue weighted by Gasteiger charge is -2.25. The first-order valence-corrected chi connectivity index (χ1v) is 15.4. The summed E-state index contributed by atoms with van der Waals surface area (Å²) in [5.74, 6) is 2.78. The SMILES string of the molecule is C/C=N\N1C=CC(Oc2ccc(NC(=N/C=C/CCC)c3nc4c(cc3C)OCC(C)CN4CCCCC)cc2F)=CC1. The second kappa shape index (κ2) is 15.9. The molecule has 8 nitrogen and oxygen atoms in total. The van der Waals surface area contributed by atoms with Crippen LogP contribution in [0.2, 0.25) is 0 Å². The van der Waals surface area contributed by atoms with Crippen molar-refractivity contribution < 1.29 is 13.9 Å². The maximum Gasteiger partial charge on any atom is 0.172 e. The van der Waals surface area contributed by atoms with E-state index in [1.165, 1.54) is 12.5 Å². The lowest BCUT2D eigenvalue weighted by Crippen LogP contribution is -2.30. The van der Waals surface area contributed by atoms with Gasteiger partial charge in [0.05, 0.1) is 13.2 Å². The molecule has 0 amide bonds. The average Bonchev–Trinajstić information content (AvgIpc) is 3.14. The molecule has 1 aromatic carbocycles. The maximum absolute atomic E-state index is 15.2. The van der Waals surface area contributed by atoms with Crippen LogP contribution in [0.3, 0.4) is 0 Å². The van der Waals surface area contributed by atoms with Crippen molar-refractivity contribution in [3.8, 4) is 11.5 Å². The first kappa shape index (κ1) is 31.8. The number of benzene rings is 1. The van der Waals surface area contributed by atoms with Crippen molar-refractivity contribution in [3.63, 3.8) is 0 Å². The topological polar surface area (TPSA) is 74.6 Å². The van der Waals surface area contributed by atoms with Crippen molar-refractivity contribution in [1.82, 2.24) is 9.99 Å². The molecule has 0 aliphatic carbocycles. The maximum atomic E-state index is 15.2. The van der Waals surface area contributed by atoms with E-state index in [1.807, 2.05) is 32.1 Å². The number of aryl methyl sites for hydroxylation is 1. The number of hydrogen-bond acceptors (Lipinski definition) is 7. The third-order valence-corrected chi connectivity index (χ3v) is 7.11. The molecule has 4 rings (SSSR count). The molecule has 0 fully saturated rings. The third kappa shape index (κ3) is 8.92. The zero-order valence-corrected chi connectivity index (χ0v) is 26.1. The van der Waals surface area contributed by atoms with Crippen molar-refractivity contribution in [2.75, 3.05) is 36.5 Å². The first-order valence-electron chi connectivity index (χ1n) is 15.4. The van der Waals surface area contributed by atoms with Crippen LogP contribution in [0, 0.1) is 18.7 Å². The number of hydrazone groups is 1. The van der Waals surface area contributed by atoms with Gasteiger partial charge in [0, 0.05) is 49.4 Å². The number of hydrogen-bond donors (Lipinski definition) is 1. The van der Waals surface area contributed by atoms with E-state index in [1.54, 1.807) is 41.8 Å². The summed E-state index contributed by atoms with van der Waals surface area (Å²) in [6.07, 6.45) is 16.3. The molecule has 0 spiro atoms. The smallest absolute Gasteiger partial charge is 0.172 e. The number of nitrogens with zero attached hydrogens (tertiary/aromatic N) is 5. The Balaban J connectivity index is 1.61. The summed E-state index contributed by atoms with van der Waals surface area (Å²) in [4.78, 5) is 12.2. The Morgan fingerprint density at radius 1 is 1.23 bits per heavy atom. The molecule has 0 saturated carbocycles. The molecule has 1 unspecified atom stereocenters. The summed E-state index contributed by atoms with van der Waals surface area (Å²) in [5.41, 5.74) is 2.18. The number of rotatable bonds is 12. The van der Waals surface area contributed by atoms with Gasteiger partial charge in [0.25, 0.3) is 0 Å². The lowest BCUT2D eigenvalue weighted by molar-refractivity contribution is 0.273. The number of fused-ring (bicyclic) bond motifs is 1. The Kier molecular flexibility index (Phi) is 11.8. The summed E-state index contributed by atoms with van der Waals surface area (Å²) >= 11 is 0. The van der Waals surface area contributed by atoms with Crippen molar-refractivity contribution in [3.05, 3.63) is 77.7 Å². The van der Waals surface area contributed by atoms with E-state index in [4.69, 9.17) is 19.5 Å². The van der Waals surface area contributed by atoms with Crippen LogP contribution in [0.5, 0.6) is 11.5 Å². The highest BCUT2D eigenvalue weighted by molar-refractivity contribution is 6.08. The Hall–Kier alpha value is -4.14. The predicted molar refractivity (Wildman–Crippen MR) is 175 cm³/mol. The first-order chi connectivity index (χ1) is 20.9. The van der Waals surface area contributed by atoms with Crippen molar-refractivity contribution in [2.45, 2.75) is 66.7 Å². The lowest BCUT2D eigenvalue weighted by atomic mass is 10.1. The van der Waals surface area contributed by atoms with E-state index in [9.17, 15) is 0 Å². The van der Waals surface area contributed by atoms with Gasteiger partial charge in [-0.25, -0.2) is 14.4 Å². The highest BCUT2D eigenvalue weighted by atomic mass is 19.1. The number of allylic oxidation sites excluding steroid dienone is 2. The molecule has 1 atom stereocenters. The molecule has 0 radical (unpaired) electrons. The van der Waals surface area contributed by atoms with E-state index in [0.29, 0.717) is 42.0 Å². The molecule has 2 aromatic rings. The summed E-state index contributed by atoms with van der Waals surface area (Å²) in [6.45, 7) is 13.4. The summed E-state index contributed by atoms with van der Waals surface area (Å²) in [7, 11) is 0. The monoisotopic (exact) mass is 588 g/mol. The summed E-state index contributed by atoms with van der Waals surface area (Å²) in [5, 5.41) is 9.30. The van der Waals surface area contributed by atoms with Crippen LogP contribution in [0.25, 0.3) is 0 Å². The zero-order valence-electron chi connectivity index (χ0n) is 26.1. The van der Waals surface area contributed by atoms with Crippen LogP contribution >= 0.6 is 0 Å². The van der Waals surface area contributed by atoms with Crippen LogP contribution in [0.4, 0.5) is 15.9 Å². The summed E-state index contributed by atoms with van der Waals surface area (Å²) in [6, 6.07) is 6.87. The highest BCUT2D eigenvalue weighted by Gasteiger charge is 2.25. The third-order valence-electron chi connectivity index (χ3n) is 7.11. The fraction of sp³-hybridized carbons (Fsp3) is 0.441. The molecule has 230 valence electrons. The number of anilines is 2. The molecule has 43 heavy (non-hydrogen) atoms. The van der Waals surface area contributed by atoms with Gasteiger partial charge in [0.15, 0.2) is 29.0 Å². The Labute approximate surface area is 255 Å². The van der Waals surface area contributed by atoms with Crippen LogP contribution in [-0.4, -0.2) is 48.3 Å². The molecular formula is C34H45FN6O2. The molecule has 1 N–H and O–H groups in total. The summed E-state index contributed by atoms with van der Waals surface area (Å²) < 4.78 is 27.3. The fourth-order valence-corrected chi connectivity index (χ4v) is 4.88. The zero-order chi connectivity index (χ0) is 30.6. The molecule has 9 heteroatoms. The molecule has 0 bridgehead atoms. The highest BCUT2D eigenvalue weighted by Crippen LogP contribution is 2.33. The van der Waals surface area contributed by atoms with E-state index in [-0.39, 0.29) is 5.75 Å². The number of ether oxygens (including phenoxy) is 2. The van der Waals surface area contributed by atoms with E-state index in [0.717, 1.165) is 55.9 Å².